The van der Waals surface area contributed by atoms with E-state index in [0.717, 1.165) is 18.6 Å². The summed E-state index contributed by atoms with van der Waals surface area (Å²) < 4.78 is 46.9. The third-order valence-electron chi connectivity index (χ3n) is 5.05. The number of aromatic nitrogens is 2. The van der Waals surface area contributed by atoms with E-state index in [1.54, 1.807) is 23.1 Å². The predicted molar refractivity (Wildman–Crippen MR) is 96.2 cm³/mol. The van der Waals surface area contributed by atoms with Crippen LogP contribution in [0.4, 0.5) is 18.9 Å². The second-order valence-corrected chi connectivity index (χ2v) is 7.14. The van der Waals surface area contributed by atoms with Crippen molar-refractivity contribution < 1.29 is 27.5 Å². The monoisotopic (exact) mass is 408 g/mol. The van der Waals surface area contributed by atoms with Gasteiger partial charge in [0, 0.05) is 43.3 Å². The number of carbonyl (C=O) groups is 2. The predicted octanol–water partition coefficient (Wildman–Crippen LogP) is 2.72. The minimum atomic E-state index is -4.65. The number of nitrogens with one attached hydrogen (secondary N) is 1. The van der Waals surface area contributed by atoms with E-state index in [0.29, 0.717) is 26.1 Å². The molecule has 3 heterocycles. The molecule has 2 amide bonds. The average Bonchev–Trinajstić information content (AvgIpc) is 3.33. The molecular formula is C19H19F3N4O3. The molecule has 0 aliphatic carbocycles. The number of hydrogen-bond donors (Lipinski definition) is 1. The first-order chi connectivity index (χ1) is 13.8. The van der Waals surface area contributed by atoms with E-state index in [9.17, 15) is 22.8 Å². The van der Waals surface area contributed by atoms with Gasteiger partial charge in [-0.05, 0) is 37.1 Å². The molecule has 1 aromatic heterocycles. The molecule has 154 valence electrons. The van der Waals surface area contributed by atoms with Crippen LogP contribution >= 0.6 is 0 Å². The number of nitrogens with zero attached hydrogens (tertiary/aromatic N) is 3. The molecule has 0 radical (unpaired) electrons. The van der Waals surface area contributed by atoms with E-state index in [4.69, 9.17) is 4.74 Å². The zero-order valence-corrected chi connectivity index (χ0v) is 15.4. The Morgan fingerprint density at radius 2 is 2.00 bits per heavy atom. The first kappa shape index (κ1) is 19.4. The van der Waals surface area contributed by atoms with Crippen LogP contribution in [0.2, 0.25) is 0 Å². The fourth-order valence-electron chi connectivity index (χ4n) is 3.46. The molecule has 2 fully saturated rings. The van der Waals surface area contributed by atoms with Crippen molar-refractivity contribution in [1.82, 2.24) is 14.7 Å². The number of likely N-dealkylation sites (tertiary alicyclic amines) is 1. The molecule has 1 N–H and O–H groups in total. The highest BCUT2D eigenvalue weighted by atomic mass is 19.4. The summed E-state index contributed by atoms with van der Waals surface area (Å²) >= 11 is 0. The van der Waals surface area contributed by atoms with Gasteiger partial charge < -0.3 is 15.0 Å². The van der Waals surface area contributed by atoms with Gasteiger partial charge in [-0.3, -0.25) is 14.3 Å². The van der Waals surface area contributed by atoms with Crippen molar-refractivity contribution in [3.8, 4) is 0 Å². The molecule has 2 aliphatic heterocycles. The normalized spacial score (nSPS) is 19.8. The topological polar surface area (TPSA) is 76.5 Å². The van der Waals surface area contributed by atoms with Crippen LogP contribution in [0, 0.1) is 0 Å². The summed E-state index contributed by atoms with van der Waals surface area (Å²) in [5, 5.41) is 6.56. The van der Waals surface area contributed by atoms with Crippen molar-refractivity contribution in [3.63, 3.8) is 0 Å². The van der Waals surface area contributed by atoms with Crippen LogP contribution in [0.15, 0.2) is 36.7 Å². The third-order valence-corrected chi connectivity index (χ3v) is 5.05. The molecule has 1 atom stereocenters. The Kier molecular flexibility index (Phi) is 5.03. The van der Waals surface area contributed by atoms with Crippen LogP contribution < -0.4 is 5.32 Å². The number of anilines is 1. The third kappa shape index (κ3) is 4.12. The summed E-state index contributed by atoms with van der Waals surface area (Å²) in [4.78, 5) is 26.4. The van der Waals surface area contributed by atoms with Crippen LogP contribution in [-0.2, 0) is 15.7 Å². The molecule has 0 saturated carbocycles. The first-order valence-electron chi connectivity index (χ1n) is 9.24. The van der Waals surface area contributed by atoms with Crippen molar-refractivity contribution in [3.05, 3.63) is 47.8 Å². The standard InChI is InChI=1S/C19H19F3N4O3/c20-19(21,22)13-7-12(8-14(9-13)24-17(27)16-3-1-6-29-16)18(28)25-10-15(11-25)26-5-2-4-23-26/h2,4-5,7-9,15-16H,1,3,6,10-11H2,(H,24,27). The van der Waals surface area contributed by atoms with Crippen molar-refractivity contribution in [2.45, 2.75) is 31.2 Å². The molecule has 10 heteroatoms. The average molecular weight is 408 g/mol. The summed E-state index contributed by atoms with van der Waals surface area (Å²) in [6.07, 6.45) is -0.702. The second-order valence-electron chi connectivity index (χ2n) is 7.14. The number of rotatable bonds is 4. The molecule has 0 spiro atoms. The van der Waals surface area contributed by atoms with Gasteiger partial charge in [0.1, 0.15) is 6.10 Å². The van der Waals surface area contributed by atoms with E-state index in [2.05, 4.69) is 10.4 Å². The van der Waals surface area contributed by atoms with Crippen LogP contribution in [0.1, 0.15) is 34.8 Å². The molecule has 1 aromatic carbocycles. The fourth-order valence-corrected chi connectivity index (χ4v) is 3.46. The van der Waals surface area contributed by atoms with Crippen molar-refractivity contribution in [1.29, 1.82) is 0 Å². The zero-order chi connectivity index (χ0) is 20.6. The Morgan fingerprint density at radius 1 is 1.21 bits per heavy atom. The maximum Gasteiger partial charge on any atom is 0.416 e. The molecule has 29 heavy (non-hydrogen) atoms. The van der Waals surface area contributed by atoms with Crippen molar-refractivity contribution in [2.24, 2.45) is 0 Å². The highest BCUT2D eigenvalue weighted by molar-refractivity contribution is 5.99. The first-order valence-corrected chi connectivity index (χ1v) is 9.24. The highest BCUT2D eigenvalue weighted by Crippen LogP contribution is 2.33. The molecule has 7 nitrogen and oxygen atoms in total. The SMILES string of the molecule is O=C(Nc1cc(C(=O)N2CC(n3cccn3)C2)cc(C(F)(F)F)c1)C1CCCO1. The number of benzene rings is 1. The number of halogens is 3. The largest absolute Gasteiger partial charge is 0.416 e. The van der Waals surface area contributed by atoms with Gasteiger partial charge in [-0.15, -0.1) is 0 Å². The highest BCUT2D eigenvalue weighted by Gasteiger charge is 2.36. The van der Waals surface area contributed by atoms with Gasteiger partial charge in [0.05, 0.1) is 11.6 Å². The number of alkyl halides is 3. The smallest absolute Gasteiger partial charge is 0.368 e. The summed E-state index contributed by atoms with van der Waals surface area (Å²) in [5.74, 6) is -1.03. The van der Waals surface area contributed by atoms with Gasteiger partial charge in [0.2, 0.25) is 0 Å². The maximum absolute atomic E-state index is 13.3. The second kappa shape index (κ2) is 7.51. The lowest BCUT2D eigenvalue weighted by molar-refractivity contribution is -0.137. The van der Waals surface area contributed by atoms with Crippen molar-refractivity contribution >= 4 is 17.5 Å². The lowest BCUT2D eigenvalue weighted by Crippen LogP contribution is -2.50. The van der Waals surface area contributed by atoms with Gasteiger partial charge in [0.25, 0.3) is 11.8 Å². The summed E-state index contributed by atoms with van der Waals surface area (Å²) in [6.45, 7) is 1.15. The number of hydrogen-bond acceptors (Lipinski definition) is 4. The minimum Gasteiger partial charge on any atom is -0.368 e. The molecule has 1 unspecified atom stereocenters. The molecule has 2 aromatic rings. The van der Waals surface area contributed by atoms with Gasteiger partial charge in [-0.1, -0.05) is 0 Å². The van der Waals surface area contributed by atoms with Crippen LogP contribution in [0.5, 0.6) is 0 Å². The fraction of sp³-hybridized carbons (Fsp3) is 0.421. The lowest BCUT2D eigenvalue weighted by atomic mass is 10.0. The summed E-state index contributed by atoms with van der Waals surface area (Å²) in [6, 6.07) is 4.67. The molecular weight excluding hydrogens is 389 g/mol. The lowest BCUT2D eigenvalue weighted by Gasteiger charge is -2.39. The quantitative estimate of drug-likeness (QED) is 0.844. The minimum absolute atomic E-state index is 0.00145. The van der Waals surface area contributed by atoms with Crippen LogP contribution in [0.3, 0.4) is 0 Å². The Morgan fingerprint density at radius 3 is 2.62 bits per heavy atom. The Labute approximate surface area is 164 Å². The van der Waals surface area contributed by atoms with Gasteiger partial charge in [-0.25, -0.2) is 0 Å². The zero-order valence-electron chi connectivity index (χ0n) is 15.4. The molecule has 2 aliphatic rings. The number of ether oxygens (including phenoxy) is 1. The molecule has 4 rings (SSSR count). The Hall–Kier alpha value is -2.88. The maximum atomic E-state index is 13.3. The number of carbonyl (C=O) groups excluding carboxylic acids is 2. The van der Waals surface area contributed by atoms with E-state index < -0.39 is 29.7 Å². The van der Waals surface area contributed by atoms with Crippen LogP contribution in [-0.4, -0.2) is 52.3 Å². The Balaban J connectivity index is 1.52. The van der Waals surface area contributed by atoms with Crippen molar-refractivity contribution in [2.75, 3.05) is 25.0 Å². The summed E-state index contributed by atoms with van der Waals surface area (Å²) in [5.41, 5.74) is -1.19. The number of amides is 2. The van der Waals surface area contributed by atoms with E-state index in [-0.39, 0.29) is 17.3 Å². The molecule has 2 saturated heterocycles. The van der Waals surface area contributed by atoms with E-state index >= 15 is 0 Å². The van der Waals surface area contributed by atoms with Crippen LogP contribution in [0.25, 0.3) is 0 Å². The van der Waals surface area contributed by atoms with Gasteiger partial charge >= 0.3 is 6.18 Å². The van der Waals surface area contributed by atoms with E-state index in [1.165, 1.54) is 11.0 Å². The van der Waals surface area contributed by atoms with Gasteiger partial charge in [0.15, 0.2) is 0 Å². The summed E-state index contributed by atoms with van der Waals surface area (Å²) in [7, 11) is 0. The van der Waals surface area contributed by atoms with Gasteiger partial charge in [-0.2, -0.15) is 18.3 Å². The van der Waals surface area contributed by atoms with E-state index in [1.807, 2.05) is 0 Å². The Bertz CT molecular complexity index is 902. The molecule has 0 bridgehead atoms.